The van der Waals surface area contributed by atoms with Gasteiger partial charge in [-0.15, -0.1) is 0 Å². The maximum absolute atomic E-state index is 12.9. The van der Waals surface area contributed by atoms with Crippen molar-refractivity contribution in [1.82, 2.24) is 0 Å². The van der Waals surface area contributed by atoms with E-state index in [2.05, 4.69) is 0 Å². The first kappa shape index (κ1) is 27.3. The molecule has 11 heteroatoms. The Bertz CT molecular complexity index is 1090. The largest absolute Gasteiger partial charge is 0.459 e. The van der Waals surface area contributed by atoms with Gasteiger partial charge in [0.25, 0.3) is 0 Å². The average molecular weight is 523 g/mol. The molecule has 0 unspecified atom stereocenters. The number of rotatable bonds is 3. The first-order chi connectivity index (χ1) is 17.0. The first-order valence-corrected chi connectivity index (χ1v) is 12.2. The molecule has 0 radical (unpaired) electrons. The molecule has 0 aromatic rings. The number of aliphatic hydroxyl groups excluding tert-OH is 1. The van der Waals surface area contributed by atoms with E-state index in [0.717, 1.165) is 0 Å². The fraction of sp³-hybridized carbons (Fsp3) is 0.692. The molecule has 10 atom stereocenters. The second-order valence-corrected chi connectivity index (χ2v) is 11.1. The van der Waals surface area contributed by atoms with Gasteiger partial charge in [-0.25, -0.2) is 4.79 Å². The lowest BCUT2D eigenvalue weighted by molar-refractivity contribution is -0.223. The molecule has 0 saturated carbocycles. The molecule has 2 N–H and O–H groups in total. The van der Waals surface area contributed by atoms with Gasteiger partial charge in [0.1, 0.15) is 24.4 Å². The molecule has 4 rings (SSSR count). The Labute approximate surface area is 214 Å². The molecule has 2 saturated heterocycles. The lowest BCUT2D eigenvalue weighted by Gasteiger charge is -2.55. The summed E-state index contributed by atoms with van der Waals surface area (Å²) in [4.78, 5) is 49.9. The number of hydrogen-bond donors (Lipinski definition) is 2. The number of aliphatic hydroxyl groups is 2. The van der Waals surface area contributed by atoms with Crippen molar-refractivity contribution in [3.8, 4) is 0 Å². The summed E-state index contributed by atoms with van der Waals surface area (Å²) >= 11 is 0. The lowest BCUT2D eigenvalue weighted by atomic mass is 9.55. The van der Waals surface area contributed by atoms with E-state index >= 15 is 0 Å². The number of carbonyl (C=O) groups is 4. The second-order valence-electron chi connectivity index (χ2n) is 11.1. The molecule has 1 spiro atoms. The van der Waals surface area contributed by atoms with Crippen LogP contribution in [0, 0.1) is 11.3 Å². The normalized spacial score (nSPS) is 47.7. The number of carbonyl (C=O) groups excluding carboxylic acids is 4. The van der Waals surface area contributed by atoms with Crippen LogP contribution in [-0.4, -0.2) is 81.4 Å². The fourth-order valence-electron chi connectivity index (χ4n) is 6.55. The minimum Gasteiger partial charge on any atom is -0.459 e. The number of epoxide rings is 1. The minimum atomic E-state index is -1.99. The van der Waals surface area contributed by atoms with Gasteiger partial charge in [-0.2, -0.15) is 0 Å². The molecule has 2 aliphatic heterocycles. The number of fused-ring (bicyclic) bond motifs is 1. The Balaban J connectivity index is 2.04. The summed E-state index contributed by atoms with van der Waals surface area (Å²) in [6, 6.07) is 0. The highest BCUT2D eigenvalue weighted by Gasteiger charge is 2.87. The van der Waals surface area contributed by atoms with Crippen LogP contribution >= 0.6 is 0 Å². The van der Waals surface area contributed by atoms with Gasteiger partial charge in [0.15, 0.2) is 17.3 Å². The molecule has 0 amide bonds. The number of esters is 4. The highest BCUT2D eigenvalue weighted by molar-refractivity contribution is 5.89. The van der Waals surface area contributed by atoms with Crippen LogP contribution < -0.4 is 0 Å². The topological polar surface area (TPSA) is 158 Å². The van der Waals surface area contributed by atoms with Gasteiger partial charge >= 0.3 is 23.9 Å². The van der Waals surface area contributed by atoms with Crippen LogP contribution in [0.15, 0.2) is 23.8 Å². The highest BCUT2D eigenvalue weighted by Crippen LogP contribution is 2.65. The Hall–Kier alpha value is -2.76. The predicted molar refractivity (Wildman–Crippen MR) is 125 cm³/mol. The van der Waals surface area contributed by atoms with Crippen molar-refractivity contribution in [2.24, 2.45) is 11.3 Å². The van der Waals surface area contributed by atoms with Gasteiger partial charge in [-0.3, -0.25) is 14.4 Å². The molecular weight excluding hydrogens is 488 g/mol. The molecule has 2 aliphatic carbocycles. The van der Waals surface area contributed by atoms with E-state index in [1.165, 1.54) is 40.7 Å². The van der Waals surface area contributed by atoms with Crippen LogP contribution in [0.5, 0.6) is 0 Å². The van der Waals surface area contributed by atoms with Gasteiger partial charge in [-0.1, -0.05) is 24.6 Å². The minimum absolute atomic E-state index is 0.0947. The van der Waals surface area contributed by atoms with Gasteiger partial charge in [0.05, 0.1) is 5.60 Å². The first-order valence-electron chi connectivity index (χ1n) is 12.2. The summed E-state index contributed by atoms with van der Waals surface area (Å²) < 4.78 is 29.0. The molecule has 0 bridgehead atoms. The smallest absolute Gasteiger partial charge is 0.342 e. The summed E-state index contributed by atoms with van der Waals surface area (Å²) in [7, 11) is 0. The third kappa shape index (κ3) is 3.98. The molecule has 2 fully saturated rings. The summed E-state index contributed by atoms with van der Waals surface area (Å²) in [6.45, 7) is 9.87. The zero-order valence-corrected chi connectivity index (χ0v) is 22.0. The SMILES string of the molecule is CC(=O)O[C@@H]1[C@H]2[C@](C)(O)[C@H](O)C=C[C@]2(C)[C@@H](OC(C)=O)[C@H](OC(C)=O)C/C(C)=C\[C@@H]2OC(=O)[C@]3(C)O[C@@]213. The molecule has 11 nitrogen and oxygen atoms in total. The van der Waals surface area contributed by atoms with Crippen molar-refractivity contribution in [3.63, 3.8) is 0 Å². The van der Waals surface area contributed by atoms with E-state index in [4.69, 9.17) is 23.7 Å². The highest BCUT2D eigenvalue weighted by atomic mass is 16.7. The average Bonchev–Trinajstić information content (AvgIpc) is 3.34. The molecule has 4 aliphatic rings. The molecule has 2 heterocycles. The van der Waals surface area contributed by atoms with Crippen molar-refractivity contribution in [2.75, 3.05) is 0 Å². The van der Waals surface area contributed by atoms with Crippen molar-refractivity contribution >= 4 is 23.9 Å². The third-order valence-electron chi connectivity index (χ3n) is 8.20. The van der Waals surface area contributed by atoms with Crippen molar-refractivity contribution in [2.45, 2.75) is 102 Å². The van der Waals surface area contributed by atoms with Crippen LogP contribution in [-0.2, 0) is 42.9 Å². The van der Waals surface area contributed by atoms with Crippen LogP contribution in [0.1, 0.15) is 54.9 Å². The Morgan fingerprint density at radius 1 is 1.00 bits per heavy atom. The van der Waals surface area contributed by atoms with E-state index in [9.17, 15) is 29.4 Å². The van der Waals surface area contributed by atoms with Crippen LogP contribution in [0.4, 0.5) is 0 Å². The summed E-state index contributed by atoms with van der Waals surface area (Å²) in [5.74, 6) is -3.92. The van der Waals surface area contributed by atoms with Gasteiger partial charge in [-0.05, 0) is 26.8 Å². The van der Waals surface area contributed by atoms with Crippen molar-refractivity contribution in [3.05, 3.63) is 23.8 Å². The van der Waals surface area contributed by atoms with E-state index in [1.807, 2.05) is 0 Å². The quantitative estimate of drug-likeness (QED) is 0.235. The summed E-state index contributed by atoms with van der Waals surface area (Å²) in [6.07, 6.45) is -1.38. The van der Waals surface area contributed by atoms with E-state index < -0.39 is 82.5 Å². The van der Waals surface area contributed by atoms with E-state index in [0.29, 0.717) is 5.57 Å². The number of hydrogen-bond acceptors (Lipinski definition) is 11. The molecule has 37 heavy (non-hydrogen) atoms. The van der Waals surface area contributed by atoms with Gasteiger partial charge < -0.3 is 33.9 Å². The Kier molecular flexibility index (Phi) is 6.37. The second kappa shape index (κ2) is 8.64. The lowest BCUT2D eigenvalue weighted by Crippen LogP contribution is -2.68. The van der Waals surface area contributed by atoms with Crippen LogP contribution in [0.2, 0.25) is 0 Å². The summed E-state index contributed by atoms with van der Waals surface area (Å²) in [5.41, 5.74) is -5.78. The molecule has 204 valence electrons. The molecular formula is C26H34O11. The van der Waals surface area contributed by atoms with E-state index in [1.54, 1.807) is 26.0 Å². The fourth-order valence-corrected chi connectivity index (χ4v) is 6.55. The van der Waals surface area contributed by atoms with E-state index in [-0.39, 0.29) is 6.42 Å². The van der Waals surface area contributed by atoms with Crippen molar-refractivity contribution < 1.29 is 53.1 Å². The maximum Gasteiger partial charge on any atom is 0.342 e. The monoisotopic (exact) mass is 522 g/mol. The Morgan fingerprint density at radius 3 is 2.11 bits per heavy atom. The number of ether oxygens (including phenoxy) is 5. The van der Waals surface area contributed by atoms with Crippen molar-refractivity contribution in [1.29, 1.82) is 0 Å². The Morgan fingerprint density at radius 2 is 1.57 bits per heavy atom. The van der Waals surface area contributed by atoms with Crippen LogP contribution in [0.25, 0.3) is 0 Å². The zero-order valence-electron chi connectivity index (χ0n) is 22.0. The zero-order chi connectivity index (χ0) is 27.7. The molecule has 0 aromatic carbocycles. The standard InChI is InChI=1S/C26H34O11/c1-12-10-16(33-13(2)27)20(34-14(3)28)23(5)9-8-17(30)24(6,32)19(23)21(35-15(4)29)26-18(11-12)36-22(31)25(26,7)37-26/h8-9,11,16-21,30,32H,10H2,1-7H3/b12-11-/t16-,17-,18+,19-,20+,21-,23+,24-,25+,26+/m1/s1. The van der Waals surface area contributed by atoms with Gasteiger partial charge in [0.2, 0.25) is 0 Å². The third-order valence-corrected chi connectivity index (χ3v) is 8.20. The van der Waals surface area contributed by atoms with Gasteiger partial charge in [0, 0.05) is 38.5 Å². The molecule has 0 aromatic heterocycles. The van der Waals surface area contributed by atoms with Crippen LogP contribution in [0.3, 0.4) is 0 Å². The predicted octanol–water partition coefficient (Wildman–Crippen LogP) is 0.889. The maximum atomic E-state index is 12.9. The summed E-state index contributed by atoms with van der Waals surface area (Å²) in [5, 5.41) is 22.7.